The van der Waals surface area contributed by atoms with E-state index in [4.69, 9.17) is 10.5 Å². The smallest absolute Gasteiger partial charge is 0.253 e. The highest BCUT2D eigenvalue weighted by molar-refractivity contribution is 5.94. The van der Waals surface area contributed by atoms with Gasteiger partial charge in [0.05, 0.1) is 11.8 Å². The SMILES string of the molecule is CN(CC1CCCO1)C(=O)c1ccc(N)c(F)c1. The Labute approximate surface area is 106 Å². The summed E-state index contributed by atoms with van der Waals surface area (Å²) in [6.07, 6.45) is 2.09. The molecule has 1 heterocycles. The van der Waals surface area contributed by atoms with Crippen LogP contribution in [-0.2, 0) is 4.74 Å². The molecule has 1 aliphatic rings. The topological polar surface area (TPSA) is 55.6 Å². The summed E-state index contributed by atoms with van der Waals surface area (Å²) in [5, 5.41) is 0. The molecular formula is C13H17FN2O2. The summed E-state index contributed by atoms with van der Waals surface area (Å²) < 4.78 is 18.8. The van der Waals surface area contributed by atoms with Gasteiger partial charge in [-0.25, -0.2) is 4.39 Å². The predicted molar refractivity (Wildman–Crippen MR) is 66.7 cm³/mol. The van der Waals surface area contributed by atoms with Crippen molar-refractivity contribution >= 4 is 11.6 Å². The molecule has 0 aromatic heterocycles. The average molecular weight is 252 g/mol. The molecule has 1 fully saturated rings. The van der Waals surface area contributed by atoms with E-state index in [9.17, 15) is 9.18 Å². The lowest BCUT2D eigenvalue weighted by atomic mass is 10.1. The fraction of sp³-hybridized carbons (Fsp3) is 0.462. The summed E-state index contributed by atoms with van der Waals surface area (Å²) >= 11 is 0. The van der Waals surface area contributed by atoms with Crippen LogP contribution < -0.4 is 5.73 Å². The zero-order valence-corrected chi connectivity index (χ0v) is 10.4. The van der Waals surface area contributed by atoms with Crippen LogP contribution in [0.5, 0.6) is 0 Å². The summed E-state index contributed by atoms with van der Waals surface area (Å²) in [7, 11) is 1.69. The Morgan fingerprint density at radius 1 is 1.61 bits per heavy atom. The van der Waals surface area contributed by atoms with Crippen molar-refractivity contribution in [2.45, 2.75) is 18.9 Å². The molecule has 1 unspecified atom stereocenters. The number of ether oxygens (including phenoxy) is 1. The molecule has 98 valence electrons. The molecule has 5 heteroatoms. The minimum Gasteiger partial charge on any atom is -0.396 e. The normalized spacial score (nSPS) is 18.9. The standard InChI is InChI=1S/C13H17FN2O2/c1-16(8-10-3-2-6-18-10)13(17)9-4-5-12(15)11(14)7-9/h4-5,7,10H,2-3,6,8,15H2,1H3. The number of anilines is 1. The number of halogens is 1. The van der Waals surface area contributed by atoms with Crippen molar-refractivity contribution in [2.24, 2.45) is 0 Å². The van der Waals surface area contributed by atoms with E-state index in [1.165, 1.54) is 18.2 Å². The lowest BCUT2D eigenvalue weighted by Crippen LogP contribution is -2.34. The van der Waals surface area contributed by atoms with E-state index in [0.29, 0.717) is 12.1 Å². The highest BCUT2D eigenvalue weighted by Gasteiger charge is 2.21. The number of nitrogens with zero attached hydrogens (tertiary/aromatic N) is 1. The molecule has 0 aliphatic carbocycles. The number of nitrogens with two attached hydrogens (primary N) is 1. The molecule has 18 heavy (non-hydrogen) atoms. The number of benzene rings is 1. The highest BCUT2D eigenvalue weighted by Crippen LogP contribution is 2.16. The van der Waals surface area contributed by atoms with Crippen molar-refractivity contribution in [1.82, 2.24) is 4.90 Å². The van der Waals surface area contributed by atoms with Crippen molar-refractivity contribution in [3.8, 4) is 0 Å². The van der Waals surface area contributed by atoms with Crippen LogP contribution in [0.4, 0.5) is 10.1 Å². The van der Waals surface area contributed by atoms with Gasteiger partial charge in [-0.2, -0.15) is 0 Å². The summed E-state index contributed by atoms with van der Waals surface area (Å²) in [5.74, 6) is -0.782. The molecule has 1 amide bonds. The van der Waals surface area contributed by atoms with Crippen molar-refractivity contribution in [2.75, 3.05) is 25.9 Å². The summed E-state index contributed by atoms with van der Waals surface area (Å²) in [5.41, 5.74) is 5.73. The Balaban J connectivity index is 2.02. The Hall–Kier alpha value is -1.62. The van der Waals surface area contributed by atoms with Crippen LogP contribution in [0, 0.1) is 5.82 Å². The molecular weight excluding hydrogens is 235 g/mol. The molecule has 0 spiro atoms. The lowest BCUT2D eigenvalue weighted by Gasteiger charge is -2.21. The van der Waals surface area contributed by atoms with Gasteiger partial charge < -0.3 is 15.4 Å². The van der Waals surface area contributed by atoms with E-state index in [0.717, 1.165) is 19.4 Å². The first-order chi connectivity index (χ1) is 8.58. The quantitative estimate of drug-likeness (QED) is 0.832. The van der Waals surface area contributed by atoms with Crippen LogP contribution in [-0.4, -0.2) is 37.1 Å². The maximum atomic E-state index is 13.3. The molecule has 1 atom stereocenters. The first-order valence-electron chi connectivity index (χ1n) is 6.00. The van der Waals surface area contributed by atoms with Crippen LogP contribution in [0.3, 0.4) is 0 Å². The highest BCUT2D eigenvalue weighted by atomic mass is 19.1. The number of carbonyl (C=O) groups is 1. The molecule has 1 aromatic carbocycles. The molecule has 1 aromatic rings. The molecule has 0 bridgehead atoms. The van der Waals surface area contributed by atoms with Gasteiger partial charge in [-0.05, 0) is 31.0 Å². The molecule has 2 rings (SSSR count). The van der Waals surface area contributed by atoms with Crippen molar-refractivity contribution in [3.05, 3.63) is 29.6 Å². The van der Waals surface area contributed by atoms with Crippen molar-refractivity contribution < 1.29 is 13.9 Å². The minimum atomic E-state index is -0.564. The van der Waals surface area contributed by atoms with Gasteiger partial charge in [-0.1, -0.05) is 0 Å². The number of likely N-dealkylation sites (N-methyl/N-ethyl adjacent to an activating group) is 1. The number of hydrogen-bond acceptors (Lipinski definition) is 3. The van der Waals surface area contributed by atoms with E-state index in [1.807, 2.05) is 0 Å². The van der Waals surface area contributed by atoms with Crippen LogP contribution in [0.15, 0.2) is 18.2 Å². The van der Waals surface area contributed by atoms with E-state index >= 15 is 0 Å². The van der Waals surface area contributed by atoms with E-state index in [2.05, 4.69) is 0 Å². The zero-order chi connectivity index (χ0) is 13.1. The lowest BCUT2D eigenvalue weighted by molar-refractivity contribution is 0.0587. The predicted octanol–water partition coefficient (Wildman–Crippen LogP) is 1.66. The Bertz CT molecular complexity index is 445. The fourth-order valence-electron chi connectivity index (χ4n) is 2.06. The van der Waals surface area contributed by atoms with Gasteiger partial charge in [0, 0.05) is 25.8 Å². The third-order valence-electron chi connectivity index (χ3n) is 3.10. The number of amides is 1. The first kappa shape index (κ1) is 12.8. The first-order valence-corrected chi connectivity index (χ1v) is 6.00. The number of hydrogen-bond donors (Lipinski definition) is 1. The second-order valence-corrected chi connectivity index (χ2v) is 4.56. The largest absolute Gasteiger partial charge is 0.396 e. The Kier molecular flexibility index (Phi) is 3.81. The summed E-state index contributed by atoms with van der Waals surface area (Å²) in [4.78, 5) is 13.6. The molecule has 0 radical (unpaired) electrons. The summed E-state index contributed by atoms with van der Waals surface area (Å²) in [6.45, 7) is 1.29. The maximum Gasteiger partial charge on any atom is 0.253 e. The van der Waals surface area contributed by atoms with Crippen LogP contribution >= 0.6 is 0 Å². The number of rotatable bonds is 3. The minimum absolute atomic E-state index is 0.0494. The zero-order valence-electron chi connectivity index (χ0n) is 10.4. The van der Waals surface area contributed by atoms with Gasteiger partial charge in [0.1, 0.15) is 5.82 Å². The Morgan fingerprint density at radius 3 is 3.00 bits per heavy atom. The van der Waals surface area contributed by atoms with Gasteiger partial charge in [0.15, 0.2) is 0 Å². The van der Waals surface area contributed by atoms with Crippen molar-refractivity contribution in [3.63, 3.8) is 0 Å². The van der Waals surface area contributed by atoms with Gasteiger partial charge >= 0.3 is 0 Å². The average Bonchev–Trinajstić information content (AvgIpc) is 2.84. The summed E-state index contributed by atoms with van der Waals surface area (Å²) in [6, 6.07) is 4.11. The molecule has 0 saturated carbocycles. The monoisotopic (exact) mass is 252 g/mol. The van der Waals surface area contributed by atoms with E-state index in [1.54, 1.807) is 11.9 Å². The van der Waals surface area contributed by atoms with Gasteiger partial charge in [-0.3, -0.25) is 4.79 Å². The van der Waals surface area contributed by atoms with Crippen LogP contribution in [0.25, 0.3) is 0 Å². The van der Waals surface area contributed by atoms with E-state index < -0.39 is 5.82 Å². The van der Waals surface area contributed by atoms with Gasteiger partial charge in [0.2, 0.25) is 0 Å². The fourth-order valence-corrected chi connectivity index (χ4v) is 2.06. The van der Waals surface area contributed by atoms with Crippen LogP contribution in [0.2, 0.25) is 0 Å². The second kappa shape index (κ2) is 5.35. The van der Waals surface area contributed by atoms with Gasteiger partial charge in [0.25, 0.3) is 5.91 Å². The third-order valence-corrected chi connectivity index (χ3v) is 3.10. The molecule has 2 N–H and O–H groups in total. The third kappa shape index (κ3) is 2.79. The molecule has 1 saturated heterocycles. The Morgan fingerprint density at radius 2 is 2.39 bits per heavy atom. The number of carbonyl (C=O) groups excluding carboxylic acids is 1. The molecule has 1 aliphatic heterocycles. The van der Waals surface area contributed by atoms with Crippen molar-refractivity contribution in [1.29, 1.82) is 0 Å². The second-order valence-electron chi connectivity index (χ2n) is 4.56. The molecule has 4 nitrogen and oxygen atoms in total. The number of nitrogen functional groups attached to an aromatic ring is 1. The van der Waals surface area contributed by atoms with Gasteiger partial charge in [-0.15, -0.1) is 0 Å². The maximum absolute atomic E-state index is 13.3. The van der Waals surface area contributed by atoms with E-state index in [-0.39, 0.29) is 17.7 Å². The van der Waals surface area contributed by atoms with Crippen LogP contribution in [0.1, 0.15) is 23.2 Å².